The molecule has 2 aromatic heterocycles. The Kier molecular flexibility index (Phi) is 5.51. The molecule has 4 heterocycles. The van der Waals surface area contributed by atoms with Gasteiger partial charge in [0, 0.05) is 34.9 Å². The normalized spacial score (nSPS) is 25.9. The van der Waals surface area contributed by atoms with Crippen LogP contribution in [0.15, 0.2) is 47.3 Å². The van der Waals surface area contributed by atoms with Gasteiger partial charge < -0.3 is 14.4 Å². The molecule has 0 radical (unpaired) electrons. The number of nitrogens with zero attached hydrogens (tertiary/aromatic N) is 2. The SMILES string of the molecule is O=C(O)c1ccc(C23CCC(C=Cc4c(-c5c(Cl)cncc5Cl)noc4C4CC4)(CC2)CO3)cc1. The van der Waals surface area contributed by atoms with Gasteiger partial charge >= 0.3 is 5.97 Å². The van der Waals surface area contributed by atoms with E-state index in [2.05, 4.69) is 22.3 Å². The summed E-state index contributed by atoms with van der Waals surface area (Å²) >= 11 is 12.9. The van der Waals surface area contributed by atoms with Gasteiger partial charge in [-0.05, 0) is 56.2 Å². The molecule has 180 valence electrons. The quantitative estimate of drug-likeness (QED) is 0.379. The maximum Gasteiger partial charge on any atom is 0.335 e. The van der Waals surface area contributed by atoms with E-state index in [1.807, 2.05) is 12.1 Å². The molecule has 2 aliphatic heterocycles. The standard InChI is InChI=1S/C27H24Cl2N2O4/c28-20-13-30-14-21(29)22(20)23-19(24(35-31-23)16-1-2-16)7-8-26-9-11-27(12-10-26,34-15-26)18-5-3-17(4-6-18)25(32)33/h3-8,13-14,16H,1-2,9-12,15H2,(H,32,33). The molecular formula is C27H24Cl2N2O4. The minimum Gasteiger partial charge on any atom is -0.478 e. The fraction of sp³-hybridized carbons (Fsp3) is 0.370. The van der Waals surface area contributed by atoms with Crippen molar-refractivity contribution in [2.24, 2.45) is 5.41 Å². The number of carboxylic acid groups (broad SMARTS) is 1. The van der Waals surface area contributed by atoms with Gasteiger partial charge in [-0.2, -0.15) is 0 Å². The number of fused-ring (bicyclic) bond motifs is 3. The maximum absolute atomic E-state index is 11.2. The van der Waals surface area contributed by atoms with Crippen molar-refractivity contribution >= 4 is 35.2 Å². The highest BCUT2D eigenvalue weighted by molar-refractivity contribution is 6.39. The lowest BCUT2D eigenvalue weighted by molar-refractivity contribution is -0.173. The van der Waals surface area contributed by atoms with Crippen LogP contribution in [0.2, 0.25) is 10.0 Å². The van der Waals surface area contributed by atoms with Crippen molar-refractivity contribution in [2.45, 2.75) is 50.0 Å². The summed E-state index contributed by atoms with van der Waals surface area (Å²) in [6.45, 7) is 0.611. The van der Waals surface area contributed by atoms with Gasteiger partial charge in [-0.25, -0.2) is 4.79 Å². The van der Waals surface area contributed by atoms with Crippen molar-refractivity contribution in [3.8, 4) is 11.3 Å². The number of rotatable bonds is 6. The molecule has 0 amide bonds. The molecule has 0 spiro atoms. The third kappa shape index (κ3) is 3.98. The summed E-state index contributed by atoms with van der Waals surface area (Å²) in [6.07, 6.45) is 13.4. The van der Waals surface area contributed by atoms with Crippen LogP contribution in [0.25, 0.3) is 17.3 Å². The second-order valence-electron chi connectivity index (χ2n) is 9.92. The molecule has 35 heavy (non-hydrogen) atoms. The number of pyridine rings is 1. The average molecular weight is 511 g/mol. The Hall–Kier alpha value is -2.67. The fourth-order valence-electron chi connectivity index (χ4n) is 5.41. The van der Waals surface area contributed by atoms with Crippen LogP contribution in [0, 0.1) is 5.41 Å². The molecule has 8 heteroatoms. The molecule has 0 atom stereocenters. The summed E-state index contributed by atoms with van der Waals surface area (Å²) in [5, 5.41) is 14.5. The second kappa shape index (κ2) is 8.47. The number of ether oxygens (including phenoxy) is 1. The van der Waals surface area contributed by atoms with Gasteiger partial charge in [0.25, 0.3) is 0 Å². The van der Waals surface area contributed by atoms with Crippen LogP contribution >= 0.6 is 23.2 Å². The Morgan fingerprint density at radius 2 is 1.74 bits per heavy atom. The topological polar surface area (TPSA) is 85.5 Å². The molecule has 1 aromatic carbocycles. The molecule has 2 saturated heterocycles. The minimum atomic E-state index is -0.917. The first-order chi connectivity index (χ1) is 16.9. The predicted molar refractivity (Wildman–Crippen MR) is 133 cm³/mol. The average Bonchev–Trinajstić information content (AvgIpc) is 3.64. The van der Waals surface area contributed by atoms with E-state index in [4.69, 9.17) is 32.5 Å². The summed E-state index contributed by atoms with van der Waals surface area (Å²) in [5.41, 5.74) is 3.17. The molecule has 6 nitrogen and oxygen atoms in total. The highest BCUT2D eigenvalue weighted by Gasteiger charge is 2.49. The summed E-state index contributed by atoms with van der Waals surface area (Å²) in [7, 11) is 0. The first-order valence-corrected chi connectivity index (χ1v) is 12.6. The van der Waals surface area contributed by atoms with Crippen LogP contribution in [-0.4, -0.2) is 27.8 Å². The van der Waals surface area contributed by atoms with Gasteiger partial charge in [0.2, 0.25) is 0 Å². The summed E-state index contributed by atoms with van der Waals surface area (Å²) < 4.78 is 12.3. The van der Waals surface area contributed by atoms with Crippen LogP contribution in [0.5, 0.6) is 0 Å². The van der Waals surface area contributed by atoms with E-state index in [-0.39, 0.29) is 11.0 Å². The van der Waals surface area contributed by atoms with Crippen LogP contribution in [-0.2, 0) is 10.3 Å². The number of carbonyl (C=O) groups is 1. The zero-order valence-electron chi connectivity index (χ0n) is 19.0. The number of hydrogen-bond donors (Lipinski definition) is 1. The van der Waals surface area contributed by atoms with Crippen molar-refractivity contribution in [2.75, 3.05) is 6.61 Å². The van der Waals surface area contributed by atoms with E-state index in [1.165, 1.54) is 0 Å². The lowest BCUT2D eigenvalue weighted by Gasteiger charge is -2.52. The number of halogens is 2. The van der Waals surface area contributed by atoms with E-state index in [1.54, 1.807) is 24.5 Å². The van der Waals surface area contributed by atoms with Gasteiger partial charge in [0.15, 0.2) is 0 Å². The Morgan fingerprint density at radius 1 is 1.06 bits per heavy atom. The van der Waals surface area contributed by atoms with E-state index in [9.17, 15) is 9.90 Å². The van der Waals surface area contributed by atoms with E-state index in [0.29, 0.717) is 39.4 Å². The number of hydrogen-bond acceptors (Lipinski definition) is 5. The number of benzene rings is 1. The van der Waals surface area contributed by atoms with Crippen molar-refractivity contribution in [3.05, 3.63) is 75.2 Å². The molecule has 2 aliphatic carbocycles. The van der Waals surface area contributed by atoms with Gasteiger partial charge in [-0.15, -0.1) is 0 Å². The van der Waals surface area contributed by atoms with Gasteiger partial charge in [-0.1, -0.05) is 52.6 Å². The van der Waals surface area contributed by atoms with Crippen LogP contribution in [0.1, 0.15) is 71.7 Å². The second-order valence-corrected chi connectivity index (χ2v) is 10.7. The predicted octanol–water partition coefficient (Wildman–Crippen LogP) is 7.12. The fourth-order valence-corrected chi connectivity index (χ4v) is 5.96. The third-order valence-corrected chi connectivity index (χ3v) is 8.32. The Bertz CT molecular complexity index is 1280. The van der Waals surface area contributed by atoms with Crippen LogP contribution in [0.4, 0.5) is 0 Å². The highest BCUT2D eigenvalue weighted by Crippen LogP contribution is 2.55. The van der Waals surface area contributed by atoms with Gasteiger partial charge in [0.1, 0.15) is 11.5 Å². The maximum atomic E-state index is 11.2. The summed E-state index contributed by atoms with van der Waals surface area (Å²) in [4.78, 5) is 15.3. The van der Waals surface area contributed by atoms with E-state index < -0.39 is 5.97 Å². The summed E-state index contributed by atoms with van der Waals surface area (Å²) in [5.74, 6) is 0.347. The highest BCUT2D eigenvalue weighted by atomic mass is 35.5. The largest absolute Gasteiger partial charge is 0.478 e. The smallest absolute Gasteiger partial charge is 0.335 e. The molecular weight excluding hydrogens is 487 g/mol. The van der Waals surface area contributed by atoms with Crippen LogP contribution < -0.4 is 0 Å². The van der Waals surface area contributed by atoms with Crippen molar-refractivity contribution in [1.29, 1.82) is 0 Å². The number of carboxylic acids is 1. The van der Waals surface area contributed by atoms with E-state index >= 15 is 0 Å². The molecule has 4 aliphatic rings. The Balaban J connectivity index is 1.28. The molecule has 1 N–H and O–H groups in total. The van der Waals surface area contributed by atoms with Gasteiger partial charge in [-0.3, -0.25) is 4.98 Å². The zero-order valence-corrected chi connectivity index (χ0v) is 20.5. The lowest BCUT2D eigenvalue weighted by atomic mass is 9.64. The van der Waals surface area contributed by atoms with Crippen molar-refractivity contribution in [1.82, 2.24) is 10.1 Å². The molecule has 0 unspecified atom stereocenters. The Morgan fingerprint density at radius 3 is 2.31 bits per heavy atom. The number of aromatic nitrogens is 2. The molecule has 3 aromatic rings. The molecule has 4 fully saturated rings. The Labute approximate surface area is 212 Å². The minimum absolute atomic E-state index is 0.0655. The van der Waals surface area contributed by atoms with Crippen LogP contribution in [0.3, 0.4) is 0 Å². The lowest BCUT2D eigenvalue weighted by Crippen LogP contribution is -2.48. The zero-order chi connectivity index (χ0) is 24.2. The first kappa shape index (κ1) is 22.8. The molecule has 2 saturated carbocycles. The number of aromatic carboxylic acids is 1. The summed E-state index contributed by atoms with van der Waals surface area (Å²) in [6, 6.07) is 7.11. The molecule has 7 rings (SSSR count). The molecule has 2 bridgehead atoms. The monoisotopic (exact) mass is 510 g/mol. The van der Waals surface area contributed by atoms with Gasteiger partial charge in [0.05, 0.1) is 27.8 Å². The van der Waals surface area contributed by atoms with Crippen molar-refractivity contribution in [3.63, 3.8) is 0 Å². The van der Waals surface area contributed by atoms with Crippen molar-refractivity contribution < 1.29 is 19.2 Å². The van der Waals surface area contributed by atoms with E-state index in [0.717, 1.165) is 55.4 Å². The first-order valence-electron chi connectivity index (χ1n) is 11.9. The third-order valence-electron chi connectivity index (χ3n) is 7.75.